The second kappa shape index (κ2) is 9.90. The Kier molecular flexibility index (Phi) is 6.55. The average Bonchev–Trinajstić information content (AvgIpc) is 3.23. The molecule has 0 bridgehead atoms. The minimum absolute atomic E-state index is 0.0654. The maximum Gasteiger partial charge on any atom is 0.267 e. The van der Waals surface area contributed by atoms with E-state index < -0.39 is 0 Å². The smallest absolute Gasteiger partial charge is 0.267 e. The van der Waals surface area contributed by atoms with Gasteiger partial charge in [0.15, 0.2) is 5.16 Å². The number of aromatic nitrogens is 3. The fourth-order valence-corrected chi connectivity index (χ4v) is 6.10. The number of carbonyl (C=O) groups is 1. The summed E-state index contributed by atoms with van der Waals surface area (Å²) in [5, 5.41) is 5.20. The van der Waals surface area contributed by atoms with Crippen LogP contribution in [0.5, 0.6) is 0 Å². The molecule has 0 spiro atoms. The van der Waals surface area contributed by atoms with Crippen LogP contribution >= 0.6 is 23.1 Å². The predicted molar refractivity (Wildman–Crippen MR) is 137 cm³/mol. The van der Waals surface area contributed by atoms with Gasteiger partial charge >= 0.3 is 0 Å². The van der Waals surface area contributed by atoms with Crippen molar-refractivity contribution in [3.05, 3.63) is 80.7 Å². The van der Waals surface area contributed by atoms with E-state index in [1.54, 1.807) is 28.2 Å². The number of carbonyl (C=O) groups excluding carboxylic acids is 1. The van der Waals surface area contributed by atoms with E-state index in [4.69, 9.17) is 4.98 Å². The molecule has 1 aromatic carbocycles. The quantitative estimate of drug-likeness (QED) is 0.189. The summed E-state index contributed by atoms with van der Waals surface area (Å²) in [6, 6.07) is 13.2. The number of hydrogen-bond acceptors (Lipinski definition) is 7. The zero-order valence-electron chi connectivity index (χ0n) is 18.7. The Labute approximate surface area is 205 Å². The highest BCUT2D eigenvalue weighted by atomic mass is 32.2. The Hall–Kier alpha value is -3.30. The number of hydrogen-bond donors (Lipinski definition) is 1. The Morgan fingerprint density at radius 3 is 2.82 bits per heavy atom. The molecule has 4 aromatic rings. The molecule has 0 saturated heterocycles. The van der Waals surface area contributed by atoms with Crippen molar-refractivity contribution in [3.8, 4) is 5.69 Å². The fraction of sp³-hybridized carbons (Fsp3) is 0.240. The van der Waals surface area contributed by atoms with Crippen LogP contribution < -0.4 is 11.0 Å². The molecule has 0 aliphatic heterocycles. The molecule has 1 aliphatic rings. The van der Waals surface area contributed by atoms with Crippen molar-refractivity contribution < 1.29 is 4.79 Å². The summed E-state index contributed by atoms with van der Waals surface area (Å²) in [5.41, 5.74) is 6.11. The van der Waals surface area contributed by atoms with Crippen LogP contribution in [0.2, 0.25) is 0 Å². The third-order valence-electron chi connectivity index (χ3n) is 5.66. The van der Waals surface area contributed by atoms with Crippen molar-refractivity contribution in [1.82, 2.24) is 20.0 Å². The van der Waals surface area contributed by atoms with Crippen LogP contribution in [0.25, 0.3) is 15.9 Å². The lowest BCUT2D eigenvalue weighted by Crippen LogP contribution is -2.24. The molecular formula is C25H23N5O2S2. The number of hydrazone groups is 1. The summed E-state index contributed by atoms with van der Waals surface area (Å²) in [7, 11) is 0. The zero-order valence-corrected chi connectivity index (χ0v) is 20.3. The van der Waals surface area contributed by atoms with E-state index in [2.05, 4.69) is 15.5 Å². The van der Waals surface area contributed by atoms with Gasteiger partial charge in [-0.2, -0.15) is 5.10 Å². The van der Waals surface area contributed by atoms with Crippen LogP contribution in [-0.2, 0) is 17.6 Å². The van der Waals surface area contributed by atoms with Gasteiger partial charge in [-0.05, 0) is 62.4 Å². The molecule has 1 N–H and O–H groups in total. The van der Waals surface area contributed by atoms with Crippen LogP contribution in [-0.4, -0.2) is 32.4 Å². The Morgan fingerprint density at radius 2 is 2.03 bits per heavy atom. The highest BCUT2D eigenvalue weighted by Crippen LogP contribution is 2.35. The van der Waals surface area contributed by atoms with Crippen LogP contribution in [0.3, 0.4) is 0 Å². The highest BCUT2D eigenvalue weighted by Gasteiger charge is 2.23. The van der Waals surface area contributed by atoms with Crippen molar-refractivity contribution in [2.75, 3.05) is 5.75 Å². The molecular weight excluding hydrogens is 466 g/mol. The molecule has 7 nitrogen and oxygen atoms in total. The predicted octanol–water partition coefficient (Wildman–Crippen LogP) is 4.27. The third kappa shape index (κ3) is 4.67. The molecule has 1 amide bonds. The van der Waals surface area contributed by atoms with Gasteiger partial charge in [0.1, 0.15) is 4.83 Å². The number of aryl methyl sites for hydroxylation is 3. The Morgan fingerprint density at radius 1 is 1.21 bits per heavy atom. The maximum absolute atomic E-state index is 13.7. The number of fused-ring (bicyclic) bond motifs is 3. The normalized spacial score (nSPS) is 13.3. The number of benzene rings is 1. The lowest BCUT2D eigenvalue weighted by atomic mass is 9.97. The summed E-state index contributed by atoms with van der Waals surface area (Å²) in [6.45, 7) is 2.01. The van der Waals surface area contributed by atoms with E-state index in [9.17, 15) is 9.59 Å². The van der Waals surface area contributed by atoms with Crippen molar-refractivity contribution in [2.45, 2.75) is 37.8 Å². The molecule has 3 aromatic heterocycles. The van der Waals surface area contributed by atoms with Gasteiger partial charge in [0.2, 0.25) is 0 Å². The van der Waals surface area contributed by atoms with Gasteiger partial charge in [-0.1, -0.05) is 35.5 Å². The maximum atomic E-state index is 13.7. The van der Waals surface area contributed by atoms with E-state index >= 15 is 0 Å². The van der Waals surface area contributed by atoms with Gasteiger partial charge in [-0.15, -0.1) is 11.3 Å². The SMILES string of the molecule is Cc1ccc(-n2c(SCC(=O)N/N=C/c3ccccn3)nc3sc4c(c3c2=O)CCCC4)cc1. The summed E-state index contributed by atoms with van der Waals surface area (Å²) in [4.78, 5) is 37.2. The molecule has 0 unspecified atom stereocenters. The van der Waals surface area contributed by atoms with Crippen molar-refractivity contribution in [1.29, 1.82) is 0 Å². The van der Waals surface area contributed by atoms with Crippen molar-refractivity contribution >= 4 is 45.4 Å². The zero-order chi connectivity index (χ0) is 23.5. The lowest BCUT2D eigenvalue weighted by Gasteiger charge is -2.13. The molecule has 0 saturated carbocycles. The number of nitrogens with one attached hydrogen (secondary N) is 1. The van der Waals surface area contributed by atoms with Gasteiger partial charge in [0.05, 0.1) is 28.7 Å². The number of thiophene rings is 1. The molecule has 0 radical (unpaired) electrons. The van der Waals surface area contributed by atoms with Gasteiger partial charge in [-0.3, -0.25) is 19.1 Å². The monoisotopic (exact) mass is 489 g/mol. The number of thioether (sulfide) groups is 1. The Balaban J connectivity index is 1.45. The Bertz CT molecular complexity index is 1430. The molecule has 172 valence electrons. The molecule has 1 aliphatic carbocycles. The minimum Gasteiger partial charge on any atom is -0.272 e. The summed E-state index contributed by atoms with van der Waals surface area (Å²) in [6.07, 6.45) is 7.31. The summed E-state index contributed by atoms with van der Waals surface area (Å²) in [5.74, 6) is -0.207. The van der Waals surface area contributed by atoms with E-state index in [1.807, 2.05) is 43.3 Å². The highest BCUT2D eigenvalue weighted by molar-refractivity contribution is 7.99. The van der Waals surface area contributed by atoms with Gasteiger partial charge in [0, 0.05) is 11.1 Å². The van der Waals surface area contributed by atoms with Crippen molar-refractivity contribution in [2.24, 2.45) is 5.10 Å². The van der Waals surface area contributed by atoms with Crippen LogP contribution in [0.1, 0.15) is 34.5 Å². The molecule has 9 heteroatoms. The van der Waals surface area contributed by atoms with Gasteiger partial charge < -0.3 is 0 Å². The first-order valence-corrected chi connectivity index (χ1v) is 12.9. The standard InChI is InChI=1S/C25H23N5O2S2/c1-16-9-11-18(12-10-16)30-24(32)22-19-7-2-3-8-20(19)34-23(22)28-25(30)33-15-21(31)29-27-14-17-6-4-5-13-26-17/h4-6,9-14H,2-3,7-8,15H2,1H3,(H,29,31)/b27-14+. The largest absolute Gasteiger partial charge is 0.272 e. The summed E-state index contributed by atoms with van der Waals surface area (Å²) < 4.78 is 1.64. The fourth-order valence-electron chi connectivity index (χ4n) is 3.99. The first-order chi connectivity index (χ1) is 16.6. The molecule has 0 fully saturated rings. The van der Waals surface area contributed by atoms with E-state index in [-0.39, 0.29) is 17.2 Å². The number of nitrogens with zero attached hydrogens (tertiary/aromatic N) is 4. The van der Waals surface area contributed by atoms with E-state index in [0.29, 0.717) is 10.9 Å². The molecule has 34 heavy (non-hydrogen) atoms. The number of pyridine rings is 1. The lowest BCUT2D eigenvalue weighted by molar-refractivity contribution is -0.118. The average molecular weight is 490 g/mol. The van der Waals surface area contributed by atoms with Gasteiger partial charge in [-0.25, -0.2) is 10.4 Å². The van der Waals surface area contributed by atoms with Crippen LogP contribution in [0, 0.1) is 6.92 Å². The molecule has 3 heterocycles. The topological polar surface area (TPSA) is 89.2 Å². The minimum atomic E-state index is -0.285. The second-order valence-corrected chi connectivity index (χ2v) is 10.1. The van der Waals surface area contributed by atoms with Crippen LogP contribution in [0.15, 0.2) is 63.7 Å². The first-order valence-electron chi connectivity index (χ1n) is 11.1. The number of amides is 1. The summed E-state index contributed by atoms with van der Waals surface area (Å²) >= 11 is 2.84. The number of rotatable bonds is 6. The van der Waals surface area contributed by atoms with E-state index in [0.717, 1.165) is 52.7 Å². The van der Waals surface area contributed by atoms with Gasteiger partial charge in [0.25, 0.3) is 11.5 Å². The molecule has 0 atom stereocenters. The third-order valence-corrected chi connectivity index (χ3v) is 7.78. The molecule has 5 rings (SSSR count). The van der Waals surface area contributed by atoms with Crippen LogP contribution in [0.4, 0.5) is 0 Å². The van der Waals surface area contributed by atoms with Crippen molar-refractivity contribution in [3.63, 3.8) is 0 Å². The van der Waals surface area contributed by atoms with E-state index in [1.165, 1.54) is 22.9 Å². The second-order valence-electron chi connectivity index (χ2n) is 8.10. The first kappa shape index (κ1) is 22.5.